The van der Waals surface area contributed by atoms with Gasteiger partial charge in [0.1, 0.15) is 17.2 Å². The molecule has 16 heavy (non-hydrogen) atoms. The number of thiazole rings is 1. The van der Waals surface area contributed by atoms with Gasteiger partial charge in [-0.25, -0.2) is 15.0 Å². The third kappa shape index (κ3) is 2.51. The number of nitrogen functional groups attached to an aromatic ring is 1. The van der Waals surface area contributed by atoms with Crippen LogP contribution in [0.4, 0.5) is 5.82 Å². The predicted molar refractivity (Wildman–Crippen MR) is 66.7 cm³/mol. The van der Waals surface area contributed by atoms with Crippen molar-refractivity contribution in [1.29, 1.82) is 0 Å². The summed E-state index contributed by atoms with van der Waals surface area (Å²) in [4.78, 5) is 12.5. The van der Waals surface area contributed by atoms with Crippen molar-refractivity contribution in [2.45, 2.75) is 29.1 Å². The van der Waals surface area contributed by atoms with Gasteiger partial charge in [0.25, 0.3) is 0 Å². The zero-order valence-corrected chi connectivity index (χ0v) is 10.5. The predicted octanol–water partition coefficient (Wildman–Crippen LogP) is 2.62. The molecule has 0 aliphatic heterocycles. The van der Waals surface area contributed by atoms with Gasteiger partial charge in [0, 0.05) is 17.1 Å². The summed E-state index contributed by atoms with van der Waals surface area (Å²) in [6, 6.07) is 0. The Morgan fingerprint density at radius 2 is 2.25 bits per heavy atom. The Labute approximate surface area is 102 Å². The van der Waals surface area contributed by atoms with Crippen LogP contribution in [0.1, 0.15) is 18.9 Å². The molecule has 0 unspecified atom stereocenters. The summed E-state index contributed by atoms with van der Waals surface area (Å²) in [6.07, 6.45) is 5.23. The van der Waals surface area contributed by atoms with E-state index in [1.54, 1.807) is 29.3 Å². The zero-order chi connectivity index (χ0) is 11.4. The Morgan fingerprint density at radius 3 is 2.94 bits per heavy atom. The maximum Gasteiger partial charge on any atom is 0.156 e. The summed E-state index contributed by atoms with van der Waals surface area (Å²) in [5, 5.41) is 2.87. The molecule has 0 saturated heterocycles. The van der Waals surface area contributed by atoms with Crippen LogP contribution in [0.25, 0.3) is 0 Å². The fourth-order valence-electron chi connectivity index (χ4n) is 1.33. The second-order valence-corrected chi connectivity index (χ2v) is 5.32. The molecule has 0 aromatic carbocycles. The van der Waals surface area contributed by atoms with Crippen molar-refractivity contribution in [2.24, 2.45) is 0 Å². The van der Waals surface area contributed by atoms with Crippen LogP contribution in [-0.2, 0) is 6.42 Å². The topological polar surface area (TPSA) is 64.7 Å². The van der Waals surface area contributed by atoms with Crippen molar-refractivity contribution in [3.63, 3.8) is 0 Å². The zero-order valence-electron chi connectivity index (χ0n) is 8.88. The first kappa shape index (κ1) is 11.3. The molecule has 0 fully saturated rings. The highest BCUT2D eigenvalue weighted by molar-refractivity contribution is 8.01. The summed E-state index contributed by atoms with van der Waals surface area (Å²) in [5.41, 5.74) is 6.89. The summed E-state index contributed by atoms with van der Waals surface area (Å²) >= 11 is 3.15. The van der Waals surface area contributed by atoms with E-state index in [9.17, 15) is 0 Å². The van der Waals surface area contributed by atoms with Crippen LogP contribution in [0.15, 0.2) is 27.3 Å². The lowest BCUT2D eigenvalue weighted by Gasteiger charge is -2.07. The van der Waals surface area contributed by atoms with Crippen molar-refractivity contribution in [3.8, 4) is 0 Å². The highest BCUT2D eigenvalue weighted by atomic mass is 32.2. The molecular formula is C10H12N4S2. The van der Waals surface area contributed by atoms with Gasteiger partial charge in [-0.15, -0.1) is 11.3 Å². The molecule has 0 amide bonds. The summed E-state index contributed by atoms with van der Waals surface area (Å²) in [6.45, 7) is 2.12. The van der Waals surface area contributed by atoms with Gasteiger partial charge in [0.15, 0.2) is 4.34 Å². The molecule has 84 valence electrons. The maximum atomic E-state index is 5.85. The van der Waals surface area contributed by atoms with Crippen LogP contribution in [0.2, 0.25) is 0 Å². The molecule has 0 saturated carbocycles. The average Bonchev–Trinajstić information content (AvgIpc) is 2.76. The Balaban J connectivity index is 2.29. The van der Waals surface area contributed by atoms with Gasteiger partial charge in [0.05, 0.1) is 0 Å². The fraction of sp³-hybridized carbons (Fsp3) is 0.300. The summed E-state index contributed by atoms with van der Waals surface area (Å²) in [7, 11) is 0. The van der Waals surface area contributed by atoms with Crippen molar-refractivity contribution >= 4 is 28.9 Å². The quantitative estimate of drug-likeness (QED) is 0.847. The second-order valence-electron chi connectivity index (χ2n) is 3.19. The van der Waals surface area contributed by atoms with Crippen LogP contribution in [0, 0.1) is 0 Å². The van der Waals surface area contributed by atoms with Gasteiger partial charge in [0.2, 0.25) is 0 Å². The number of nitrogens with two attached hydrogens (primary N) is 1. The summed E-state index contributed by atoms with van der Waals surface area (Å²) < 4.78 is 0.982. The molecule has 2 heterocycles. The van der Waals surface area contributed by atoms with Crippen LogP contribution in [0.5, 0.6) is 0 Å². The van der Waals surface area contributed by atoms with Crippen LogP contribution in [-0.4, -0.2) is 15.0 Å². The van der Waals surface area contributed by atoms with Crippen LogP contribution >= 0.6 is 23.1 Å². The van der Waals surface area contributed by atoms with Gasteiger partial charge in [-0.3, -0.25) is 0 Å². The van der Waals surface area contributed by atoms with E-state index in [1.807, 2.05) is 5.38 Å². The number of nitrogens with zero attached hydrogens (tertiary/aromatic N) is 3. The van der Waals surface area contributed by atoms with Gasteiger partial charge >= 0.3 is 0 Å². The second kappa shape index (κ2) is 5.27. The van der Waals surface area contributed by atoms with E-state index < -0.39 is 0 Å². The van der Waals surface area contributed by atoms with Gasteiger partial charge in [-0.2, -0.15) is 0 Å². The smallest absolute Gasteiger partial charge is 0.156 e. The SMILES string of the molecule is CCCc1c(N)ncnc1Sc1nccs1. The Morgan fingerprint density at radius 1 is 1.38 bits per heavy atom. The lowest BCUT2D eigenvalue weighted by atomic mass is 10.2. The first-order valence-corrected chi connectivity index (χ1v) is 6.67. The van der Waals surface area contributed by atoms with Gasteiger partial charge in [-0.1, -0.05) is 13.3 Å². The Bertz CT molecular complexity index is 456. The monoisotopic (exact) mass is 252 g/mol. The minimum absolute atomic E-state index is 0.580. The van der Waals surface area contributed by atoms with E-state index >= 15 is 0 Å². The molecule has 6 heteroatoms. The molecule has 0 aliphatic carbocycles. The minimum atomic E-state index is 0.580. The standard InChI is InChI=1S/C10H12N4S2/c1-2-3-7-8(11)13-6-14-9(7)16-10-12-4-5-15-10/h4-6H,2-3H2,1H3,(H2,11,13,14). The van der Waals surface area contributed by atoms with E-state index in [0.29, 0.717) is 5.82 Å². The molecule has 2 rings (SSSR count). The number of hydrogen-bond acceptors (Lipinski definition) is 6. The number of hydrogen-bond donors (Lipinski definition) is 1. The highest BCUT2D eigenvalue weighted by Crippen LogP contribution is 2.32. The largest absolute Gasteiger partial charge is 0.383 e. The summed E-state index contributed by atoms with van der Waals surface area (Å²) in [5.74, 6) is 0.580. The van der Waals surface area contributed by atoms with Gasteiger partial charge in [-0.05, 0) is 18.2 Å². The van der Waals surface area contributed by atoms with E-state index in [4.69, 9.17) is 5.73 Å². The first-order valence-electron chi connectivity index (χ1n) is 4.98. The molecule has 0 radical (unpaired) electrons. The number of anilines is 1. The highest BCUT2D eigenvalue weighted by Gasteiger charge is 2.10. The molecule has 0 bridgehead atoms. The third-order valence-electron chi connectivity index (χ3n) is 2.03. The third-order valence-corrected chi connectivity index (χ3v) is 3.96. The van der Waals surface area contributed by atoms with E-state index in [2.05, 4.69) is 21.9 Å². The fourth-order valence-corrected chi connectivity index (χ4v) is 2.99. The average molecular weight is 252 g/mol. The molecule has 2 aromatic rings. The minimum Gasteiger partial charge on any atom is -0.383 e. The molecule has 4 nitrogen and oxygen atoms in total. The molecule has 2 N–H and O–H groups in total. The molecule has 0 aliphatic rings. The van der Waals surface area contributed by atoms with Crippen molar-refractivity contribution in [1.82, 2.24) is 15.0 Å². The van der Waals surface area contributed by atoms with Crippen molar-refractivity contribution in [2.75, 3.05) is 5.73 Å². The molecule has 0 spiro atoms. The maximum absolute atomic E-state index is 5.85. The van der Waals surface area contributed by atoms with E-state index in [0.717, 1.165) is 27.8 Å². The Kier molecular flexibility index (Phi) is 3.74. The lowest BCUT2D eigenvalue weighted by Crippen LogP contribution is -2.01. The van der Waals surface area contributed by atoms with Crippen molar-refractivity contribution in [3.05, 3.63) is 23.5 Å². The molecule has 0 atom stereocenters. The van der Waals surface area contributed by atoms with Gasteiger partial charge < -0.3 is 5.73 Å². The molecule has 2 aromatic heterocycles. The number of rotatable bonds is 4. The normalized spacial score (nSPS) is 10.6. The van der Waals surface area contributed by atoms with Crippen LogP contribution < -0.4 is 5.73 Å². The lowest BCUT2D eigenvalue weighted by molar-refractivity contribution is 0.861. The van der Waals surface area contributed by atoms with E-state index in [1.165, 1.54) is 6.33 Å². The first-order chi connectivity index (χ1) is 7.81. The van der Waals surface area contributed by atoms with Crippen LogP contribution in [0.3, 0.4) is 0 Å². The number of aromatic nitrogens is 3. The molecular weight excluding hydrogens is 240 g/mol. The Hall–Kier alpha value is -1.14. The van der Waals surface area contributed by atoms with Crippen molar-refractivity contribution < 1.29 is 0 Å². The van der Waals surface area contributed by atoms with E-state index in [-0.39, 0.29) is 0 Å².